The van der Waals surface area contributed by atoms with E-state index >= 15 is 0 Å². The van der Waals surface area contributed by atoms with Crippen molar-refractivity contribution in [3.05, 3.63) is 10.6 Å². The Morgan fingerprint density at radius 1 is 1.43 bits per heavy atom. The number of thiazole rings is 1. The Morgan fingerprint density at radius 2 is 2.07 bits per heavy atom. The molecule has 0 amide bonds. The van der Waals surface area contributed by atoms with Crippen molar-refractivity contribution < 1.29 is 4.74 Å². The number of hydrogen-bond acceptors (Lipinski definition) is 4. The SMILES string of the molecule is COc1nc(C)c(C2(N)CCCC2)s1. The average molecular weight is 212 g/mol. The summed E-state index contributed by atoms with van der Waals surface area (Å²) in [5.41, 5.74) is 7.28. The van der Waals surface area contributed by atoms with Crippen molar-refractivity contribution in [3.8, 4) is 5.19 Å². The van der Waals surface area contributed by atoms with Gasteiger partial charge >= 0.3 is 0 Å². The Morgan fingerprint density at radius 3 is 2.57 bits per heavy atom. The number of nitrogens with two attached hydrogens (primary N) is 1. The lowest BCUT2D eigenvalue weighted by molar-refractivity contribution is 0.411. The molecule has 0 spiro atoms. The molecule has 0 unspecified atom stereocenters. The van der Waals surface area contributed by atoms with E-state index in [0.29, 0.717) is 0 Å². The number of aromatic nitrogens is 1. The number of methoxy groups -OCH3 is 1. The van der Waals surface area contributed by atoms with Crippen LogP contribution in [0.15, 0.2) is 0 Å². The quantitative estimate of drug-likeness (QED) is 0.817. The van der Waals surface area contributed by atoms with Gasteiger partial charge < -0.3 is 10.5 Å². The van der Waals surface area contributed by atoms with Gasteiger partial charge in [-0.25, -0.2) is 4.98 Å². The molecule has 2 N–H and O–H groups in total. The smallest absolute Gasteiger partial charge is 0.273 e. The third-order valence-electron chi connectivity index (χ3n) is 2.90. The van der Waals surface area contributed by atoms with Crippen LogP contribution in [0.2, 0.25) is 0 Å². The summed E-state index contributed by atoms with van der Waals surface area (Å²) in [5, 5.41) is 0.731. The molecule has 1 fully saturated rings. The molecule has 1 aliphatic carbocycles. The molecule has 2 rings (SSSR count). The standard InChI is InChI=1S/C10H16N2OS/c1-7-8(14-9(12-7)13-2)10(11)5-3-4-6-10/h3-6,11H2,1-2H3. The van der Waals surface area contributed by atoms with E-state index < -0.39 is 0 Å². The normalized spacial score (nSPS) is 19.9. The minimum Gasteiger partial charge on any atom is -0.473 e. The van der Waals surface area contributed by atoms with Gasteiger partial charge in [-0.2, -0.15) is 0 Å². The Labute approximate surface area is 88.3 Å². The maximum atomic E-state index is 6.36. The Kier molecular flexibility index (Phi) is 2.49. The molecule has 0 aliphatic heterocycles. The van der Waals surface area contributed by atoms with Crippen molar-refractivity contribution in [2.24, 2.45) is 5.73 Å². The molecular weight excluding hydrogens is 196 g/mol. The second kappa shape index (κ2) is 3.51. The molecule has 0 bridgehead atoms. The van der Waals surface area contributed by atoms with Crippen LogP contribution < -0.4 is 10.5 Å². The van der Waals surface area contributed by atoms with Crippen molar-refractivity contribution in [1.82, 2.24) is 4.98 Å². The monoisotopic (exact) mass is 212 g/mol. The van der Waals surface area contributed by atoms with E-state index in [9.17, 15) is 0 Å². The summed E-state index contributed by atoms with van der Waals surface area (Å²) >= 11 is 1.60. The van der Waals surface area contributed by atoms with Gasteiger partial charge in [-0.15, -0.1) is 0 Å². The van der Waals surface area contributed by atoms with Crippen LogP contribution in [-0.4, -0.2) is 12.1 Å². The molecule has 0 atom stereocenters. The van der Waals surface area contributed by atoms with E-state index in [4.69, 9.17) is 10.5 Å². The van der Waals surface area contributed by atoms with E-state index in [-0.39, 0.29) is 5.54 Å². The lowest BCUT2D eigenvalue weighted by Gasteiger charge is -2.21. The number of aryl methyl sites for hydroxylation is 1. The average Bonchev–Trinajstić information content (AvgIpc) is 2.73. The van der Waals surface area contributed by atoms with Gasteiger partial charge in [-0.05, 0) is 19.8 Å². The van der Waals surface area contributed by atoms with E-state index in [0.717, 1.165) is 23.7 Å². The van der Waals surface area contributed by atoms with Crippen molar-refractivity contribution in [1.29, 1.82) is 0 Å². The van der Waals surface area contributed by atoms with Gasteiger partial charge in [0.2, 0.25) is 0 Å². The lowest BCUT2D eigenvalue weighted by atomic mass is 9.96. The third kappa shape index (κ3) is 1.53. The fraction of sp³-hybridized carbons (Fsp3) is 0.700. The van der Waals surface area contributed by atoms with Gasteiger partial charge in [0.25, 0.3) is 5.19 Å². The highest BCUT2D eigenvalue weighted by atomic mass is 32.1. The molecule has 1 aromatic rings. The molecule has 1 heterocycles. The van der Waals surface area contributed by atoms with Gasteiger partial charge in [-0.3, -0.25) is 0 Å². The molecular formula is C10H16N2OS. The summed E-state index contributed by atoms with van der Waals surface area (Å²) < 4.78 is 5.13. The summed E-state index contributed by atoms with van der Waals surface area (Å²) in [4.78, 5) is 5.55. The predicted molar refractivity (Wildman–Crippen MR) is 57.7 cm³/mol. The summed E-state index contributed by atoms with van der Waals surface area (Å²) in [6.45, 7) is 2.02. The zero-order chi connectivity index (χ0) is 10.2. The van der Waals surface area contributed by atoms with Crippen LogP contribution >= 0.6 is 11.3 Å². The molecule has 4 heteroatoms. The van der Waals surface area contributed by atoms with E-state index in [1.807, 2.05) is 6.92 Å². The van der Waals surface area contributed by atoms with Gasteiger partial charge in [0.15, 0.2) is 0 Å². The fourth-order valence-corrected chi connectivity index (χ4v) is 3.20. The van der Waals surface area contributed by atoms with Gasteiger partial charge in [0, 0.05) is 0 Å². The Balaban J connectivity index is 2.34. The second-order valence-electron chi connectivity index (χ2n) is 3.96. The third-order valence-corrected chi connectivity index (χ3v) is 4.24. The van der Waals surface area contributed by atoms with Crippen LogP contribution in [0.1, 0.15) is 36.3 Å². The molecule has 14 heavy (non-hydrogen) atoms. The topological polar surface area (TPSA) is 48.1 Å². The first-order chi connectivity index (χ1) is 6.65. The summed E-state index contributed by atoms with van der Waals surface area (Å²) in [7, 11) is 1.65. The van der Waals surface area contributed by atoms with Crippen molar-refractivity contribution >= 4 is 11.3 Å². The molecule has 0 aromatic carbocycles. The molecule has 0 saturated heterocycles. The van der Waals surface area contributed by atoms with Crippen LogP contribution in [0.3, 0.4) is 0 Å². The van der Waals surface area contributed by atoms with Crippen molar-refractivity contribution in [2.75, 3.05) is 7.11 Å². The van der Waals surface area contributed by atoms with Gasteiger partial charge in [-0.1, -0.05) is 24.2 Å². The second-order valence-corrected chi connectivity index (χ2v) is 4.92. The van der Waals surface area contributed by atoms with Crippen molar-refractivity contribution in [3.63, 3.8) is 0 Å². The van der Waals surface area contributed by atoms with Crippen LogP contribution in [-0.2, 0) is 5.54 Å². The zero-order valence-electron chi connectivity index (χ0n) is 8.67. The van der Waals surface area contributed by atoms with Crippen LogP contribution in [0.4, 0.5) is 0 Å². The van der Waals surface area contributed by atoms with Crippen LogP contribution in [0.25, 0.3) is 0 Å². The van der Waals surface area contributed by atoms with E-state index in [2.05, 4.69) is 4.98 Å². The van der Waals surface area contributed by atoms with Gasteiger partial charge in [0.1, 0.15) is 0 Å². The summed E-state index contributed by atoms with van der Waals surface area (Å²) in [6, 6.07) is 0. The molecule has 1 aromatic heterocycles. The zero-order valence-corrected chi connectivity index (χ0v) is 9.49. The van der Waals surface area contributed by atoms with Crippen LogP contribution in [0, 0.1) is 6.92 Å². The largest absolute Gasteiger partial charge is 0.473 e. The molecule has 0 radical (unpaired) electrons. The maximum absolute atomic E-state index is 6.36. The number of rotatable bonds is 2. The molecule has 78 valence electrons. The minimum atomic E-state index is -0.126. The van der Waals surface area contributed by atoms with E-state index in [1.54, 1.807) is 18.4 Å². The maximum Gasteiger partial charge on any atom is 0.273 e. The summed E-state index contributed by atoms with van der Waals surface area (Å²) in [6.07, 6.45) is 4.63. The number of ether oxygens (including phenoxy) is 1. The van der Waals surface area contributed by atoms with Crippen molar-refractivity contribution in [2.45, 2.75) is 38.1 Å². The lowest BCUT2D eigenvalue weighted by Crippen LogP contribution is -2.32. The summed E-state index contributed by atoms with van der Waals surface area (Å²) in [5.74, 6) is 0. The Hall–Kier alpha value is -0.610. The predicted octanol–water partition coefficient (Wildman–Crippen LogP) is 2.19. The highest BCUT2D eigenvalue weighted by molar-refractivity contribution is 7.13. The molecule has 1 aliphatic rings. The van der Waals surface area contributed by atoms with E-state index in [1.165, 1.54) is 17.7 Å². The highest BCUT2D eigenvalue weighted by Gasteiger charge is 2.35. The minimum absolute atomic E-state index is 0.126. The number of hydrogen-bond donors (Lipinski definition) is 1. The fourth-order valence-electron chi connectivity index (χ4n) is 2.15. The number of nitrogens with zero attached hydrogens (tertiary/aromatic N) is 1. The first kappa shape index (κ1) is 9.93. The first-order valence-electron chi connectivity index (χ1n) is 4.96. The molecule has 3 nitrogen and oxygen atoms in total. The van der Waals surface area contributed by atoms with Crippen LogP contribution in [0.5, 0.6) is 5.19 Å². The molecule has 1 saturated carbocycles. The Bertz CT molecular complexity index is 329. The first-order valence-corrected chi connectivity index (χ1v) is 5.78. The van der Waals surface area contributed by atoms with Gasteiger partial charge in [0.05, 0.1) is 23.2 Å². The highest BCUT2D eigenvalue weighted by Crippen LogP contribution is 2.42.